The van der Waals surface area contributed by atoms with Crippen molar-refractivity contribution in [3.63, 3.8) is 0 Å². The van der Waals surface area contributed by atoms with Crippen LogP contribution >= 0.6 is 24.0 Å². The fraction of sp³-hybridized carbons (Fsp3) is 0.688. The van der Waals surface area contributed by atoms with Gasteiger partial charge in [0.2, 0.25) is 0 Å². The predicted octanol–water partition coefficient (Wildman–Crippen LogP) is 3.73. The maximum absolute atomic E-state index is 5.35. The molecular formula is C16H28IN3O. The lowest BCUT2D eigenvalue weighted by atomic mass is 9.87. The zero-order chi connectivity index (χ0) is 14.4. The molecule has 1 aliphatic heterocycles. The maximum Gasteiger partial charge on any atom is 0.194 e. The number of aliphatic imine (C=N–C) groups is 1. The molecule has 0 aliphatic carbocycles. The van der Waals surface area contributed by atoms with Gasteiger partial charge in [-0.15, -0.1) is 24.0 Å². The number of hydrogen-bond acceptors (Lipinski definition) is 2. The minimum absolute atomic E-state index is 0. The van der Waals surface area contributed by atoms with E-state index in [9.17, 15) is 0 Å². The van der Waals surface area contributed by atoms with Gasteiger partial charge < -0.3 is 14.6 Å². The first-order valence-electron chi connectivity index (χ1n) is 7.76. The summed E-state index contributed by atoms with van der Waals surface area (Å²) in [5, 5.41) is 3.39. The summed E-state index contributed by atoms with van der Waals surface area (Å²) in [6.07, 6.45) is 5.56. The van der Waals surface area contributed by atoms with E-state index in [1.165, 1.54) is 19.3 Å². The highest BCUT2D eigenvalue weighted by Gasteiger charge is 2.29. The van der Waals surface area contributed by atoms with E-state index < -0.39 is 0 Å². The standard InChI is InChI=1S/C16H27N3O.HI/c1-4-13(5-2)14-8-9-19(12-14)16(17-3)18-11-15-7-6-10-20-15;/h6-7,10,13-14H,4-5,8-9,11-12H2,1-3H3,(H,17,18);1H. The Bertz CT molecular complexity index is 415. The van der Waals surface area contributed by atoms with E-state index >= 15 is 0 Å². The van der Waals surface area contributed by atoms with Crippen molar-refractivity contribution in [3.05, 3.63) is 24.2 Å². The number of nitrogens with one attached hydrogen (secondary N) is 1. The summed E-state index contributed by atoms with van der Waals surface area (Å²) in [6, 6.07) is 3.90. The third kappa shape index (κ3) is 4.90. The first-order valence-corrected chi connectivity index (χ1v) is 7.76. The molecule has 1 aromatic rings. The Morgan fingerprint density at radius 3 is 2.81 bits per heavy atom. The second kappa shape index (κ2) is 9.33. The van der Waals surface area contributed by atoms with Crippen molar-refractivity contribution in [2.45, 2.75) is 39.7 Å². The topological polar surface area (TPSA) is 40.8 Å². The van der Waals surface area contributed by atoms with E-state index in [1.54, 1.807) is 6.26 Å². The first kappa shape index (κ1) is 18.3. The summed E-state index contributed by atoms with van der Waals surface area (Å²) in [4.78, 5) is 6.79. The van der Waals surface area contributed by atoms with Gasteiger partial charge in [0, 0.05) is 20.1 Å². The molecule has 1 saturated heterocycles. The summed E-state index contributed by atoms with van der Waals surface area (Å²) in [7, 11) is 1.86. The Kier molecular flexibility index (Phi) is 8.14. The third-order valence-electron chi connectivity index (χ3n) is 4.45. The summed E-state index contributed by atoms with van der Waals surface area (Å²) >= 11 is 0. The van der Waals surface area contributed by atoms with Crippen molar-refractivity contribution in [1.82, 2.24) is 10.2 Å². The molecule has 2 rings (SSSR count). The van der Waals surface area contributed by atoms with Crippen LogP contribution in [0.25, 0.3) is 0 Å². The van der Waals surface area contributed by atoms with Crippen molar-refractivity contribution in [1.29, 1.82) is 0 Å². The lowest BCUT2D eigenvalue weighted by molar-refractivity contribution is 0.318. The Hall–Kier alpha value is -0.720. The largest absolute Gasteiger partial charge is 0.467 e. The molecule has 0 radical (unpaired) electrons. The smallest absolute Gasteiger partial charge is 0.194 e. The van der Waals surface area contributed by atoms with E-state index in [0.717, 1.165) is 36.6 Å². The van der Waals surface area contributed by atoms with Crippen LogP contribution in [-0.4, -0.2) is 31.0 Å². The fourth-order valence-electron chi connectivity index (χ4n) is 3.23. The molecule has 1 unspecified atom stereocenters. The average Bonchev–Trinajstić information content (AvgIpc) is 3.13. The van der Waals surface area contributed by atoms with Gasteiger partial charge in [-0.1, -0.05) is 26.7 Å². The monoisotopic (exact) mass is 405 g/mol. The minimum Gasteiger partial charge on any atom is -0.467 e. The fourth-order valence-corrected chi connectivity index (χ4v) is 3.23. The van der Waals surface area contributed by atoms with Gasteiger partial charge in [0.05, 0.1) is 12.8 Å². The zero-order valence-electron chi connectivity index (χ0n) is 13.3. The summed E-state index contributed by atoms with van der Waals surface area (Å²) in [6.45, 7) is 7.55. The lowest BCUT2D eigenvalue weighted by Gasteiger charge is -2.24. The molecule has 0 saturated carbocycles. The van der Waals surface area contributed by atoms with E-state index in [4.69, 9.17) is 4.42 Å². The molecular weight excluding hydrogens is 377 g/mol. The van der Waals surface area contributed by atoms with Crippen LogP contribution in [-0.2, 0) is 6.54 Å². The van der Waals surface area contributed by atoms with Crippen molar-refractivity contribution in [3.8, 4) is 0 Å². The maximum atomic E-state index is 5.35. The number of nitrogens with zero attached hydrogens (tertiary/aromatic N) is 2. The molecule has 5 heteroatoms. The van der Waals surface area contributed by atoms with Gasteiger partial charge in [-0.25, -0.2) is 0 Å². The SMILES string of the molecule is CCC(CC)C1CCN(C(=NC)NCc2ccco2)C1.I. The number of rotatable bonds is 5. The Balaban J connectivity index is 0.00000220. The van der Waals surface area contributed by atoms with Gasteiger partial charge in [0.25, 0.3) is 0 Å². The van der Waals surface area contributed by atoms with Gasteiger partial charge >= 0.3 is 0 Å². The van der Waals surface area contributed by atoms with Crippen LogP contribution in [0, 0.1) is 11.8 Å². The first-order chi connectivity index (χ1) is 9.78. The third-order valence-corrected chi connectivity index (χ3v) is 4.45. The van der Waals surface area contributed by atoms with Crippen LogP contribution in [0.1, 0.15) is 38.9 Å². The molecule has 2 heterocycles. The highest BCUT2D eigenvalue weighted by atomic mass is 127. The second-order valence-electron chi connectivity index (χ2n) is 5.55. The molecule has 1 aromatic heterocycles. The van der Waals surface area contributed by atoms with Crippen LogP contribution in [0.3, 0.4) is 0 Å². The number of guanidine groups is 1. The quantitative estimate of drug-likeness (QED) is 0.461. The van der Waals surface area contributed by atoms with Crippen LogP contribution in [0.5, 0.6) is 0 Å². The van der Waals surface area contributed by atoms with Gasteiger partial charge in [-0.05, 0) is 30.4 Å². The van der Waals surface area contributed by atoms with E-state index in [1.807, 2.05) is 19.2 Å². The van der Waals surface area contributed by atoms with Crippen LogP contribution in [0.4, 0.5) is 0 Å². The van der Waals surface area contributed by atoms with Crippen molar-refractivity contribution < 1.29 is 4.42 Å². The number of hydrogen-bond donors (Lipinski definition) is 1. The summed E-state index contributed by atoms with van der Waals surface area (Å²) in [5.41, 5.74) is 0. The van der Waals surface area contributed by atoms with E-state index in [0.29, 0.717) is 6.54 Å². The normalized spacial score (nSPS) is 19.0. The lowest BCUT2D eigenvalue weighted by Crippen LogP contribution is -2.40. The van der Waals surface area contributed by atoms with Crippen LogP contribution < -0.4 is 5.32 Å². The Labute approximate surface area is 145 Å². The van der Waals surface area contributed by atoms with E-state index in [2.05, 4.69) is 29.1 Å². The molecule has 120 valence electrons. The summed E-state index contributed by atoms with van der Waals surface area (Å²) < 4.78 is 5.35. The Morgan fingerprint density at radius 1 is 1.48 bits per heavy atom. The molecule has 0 amide bonds. The van der Waals surface area contributed by atoms with Gasteiger partial charge in [-0.2, -0.15) is 0 Å². The van der Waals surface area contributed by atoms with Crippen molar-refractivity contribution >= 4 is 29.9 Å². The minimum atomic E-state index is 0. The average molecular weight is 405 g/mol. The molecule has 1 fully saturated rings. The van der Waals surface area contributed by atoms with Crippen LogP contribution in [0.2, 0.25) is 0 Å². The highest BCUT2D eigenvalue weighted by Crippen LogP contribution is 2.28. The molecule has 21 heavy (non-hydrogen) atoms. The van der Waals surface area contributed by atoms with Crippen LogP contribution in [0.15, 0.2) is 27.8 Å². The van der Waals surface area contributed by atoms with E-state index in [-0.39, 0.29) is 24.0 Å². The van der Waals surface area contributed by atoms with Crippen molar-refractivity contribution in [2.75, 3.05) is 20.1 Å². The molecule has 0 bridgehead atoms. The predicted molar refractivity (Wildman–Crippen MR) is 98.1 cm³/mol. The zero-order valence-corrected chi connectivity index (χ0v) is 15.7. The molecule has 0 spiro atoms. The molecule has 1 atom stereocenters. The summed E-state index contributed by atoms with van der Waals surface area (Å²) in [5.74, 6) is 3.60. The number of halogens is 1. The number of likely N-dealkylation sites (tertiary alicyclic amines) is 1. The molecule has 1 N–H and O–H groups in total. The second-order valence-corrected chi connectivity index (χ2v) is 5.55. The van der Waals surface area contributed by atoms with Gasteiger partial charge in [0.15, 0.2) is 5.96 Å². The highest BCUT2D eigenvalue weighted by molar-refractivity contribution is 14.0. The van der Waals surface area contributed by atoms with Gasteiger partial charge in [-0.3, -0.25) is 4.99 Å². The molecule has 1 aliphatic rings. The number of furan rings is 1. The van der Waals surface area contributed by atoms with Crippen molar-refractivity contribution in [2.24, 2.45) is 16.8 Å². The Morgan fingerprint density at radius 2 is 2.24 bits per heavy atom. The molecule has 4 nitrogen and oxygen atoms in total. The molecule has 0 aromatic carbocycles. The van der Waals surface area contributed by atoms with Gasteiger partial charge in [0.1, 0.15) is 5.76 Å².